The maximum atomic E-state index is 12.5. The van der Waals surface area contributed by atoms with Crippen LogP contribution in [0.2, 0.25) is 0 Å². The SMILES string of the molecule is O=C(C=Cc1cnccc1-c1cnn(Cc2ccccn2)c1)Nc1ccc(CCc2nnco2)cc1. The number of hydrogen-bond acceptors (Lipinski definition) is 7. The Morgan fingerprint density at radius 2 is 1.94 bits per heavy atom. The average Bonchev–Trinajstić information content (AvgIpc) is 3.60. The van der Waals surface area contributed by atoms with Gasteiger partial charge in [-0.05, 0) is 54.0 Å². The molecule has 4 aromatic heterocycles. The van der Waals surface area contributed by atoms with Crippen LogP contribution < -0.4 is 5.32 Å². The molecule has 0 bridgehead atoms. The number of hydrogen-bond donors (Lipinski definition) is 1. The molecule has 0 saturated heterocycles. The second-order valence-corrected chi connectivity index (χ2v) is 8.06. The van der Waals surface area contributed by atoms with Gasteiger partial charge in [-0.25, -0.2) is 0 Å². The van der Waals surface area contributed by atoms with E-state index in [1.165, 1.54) is 12.5 Å². The van der Waals surface area contributed by atoms with Crippen LogP contribution >= 0.6 is 0 Å². The van der Waals surface area contributed by atoms with Crippen molar-refractivity contribution >= 4 is 17.7 Å². The molecule has 1 amide bonds. The van der Waals surface area contributed by atoms with E-state index in [0.717, 1.165) is 34.4 Å². The van der Waals surface area contributed by atoms with E-state index in [4.69, 9.17) is 4.42 Å². The number of aromatic nitrogens is 6. The molecule has 0 radical (unpaired) electrons. The predicted molar refractivity (Wildman–Crippen MR) is 135 cm³/mol. The molecule has 1 N–H and O–H groups in total. The molecule has 0 saturated carbocycles. The summed E-state index contributed by atoms with van der Waals surface area (Å²) in [6.45, 7) is 0.579. The monoisotopic (exact) mass is 477 g/mol. The van der Waals surface area contributed by atoms with Crippen LogP contribution in [0.3, 0.4) is 0 Å². The Hall–Kier alpha value is -4.92. The van der Waals surface area contributed by atoms with Crippen molar-refractivity contribution in [1.29, 1.82) is 0 Å². The molecule has 4 heterocycles. The van der Waals surface area contributed by atoms with E-state index in [2.05, 4.69) is 30.6 Å². The minimum Gasteiger partial charge on any atom is -0.428 e. The maximum absolute atomic E-state index is 12.5. The summed E-state index contributed by atoms with van der Waals surface area (Å²) in [4.78, 5) is 21.1. The number of carbonyl (C=O) groups excluding carboxylic acids is 1. The fourth-order valence-corrected chi connectivity index (χ4v) is 3.71. The van der Waals surface area contributed by atoms with Crippen LogP contribution in [0.4, 0.5) is 5.69 Å². The number of benzene rings is 1. The van der Waals surface area contributed by atoms with Gasteiger partial charge in [0.25, 0.3) is 0 Å². The Labute approximate surface area is 207 Å². The van der Waals surface area contributed by atoms with Crippen LogP contribution in [0, 0.1) is 0 Å². The van der Waals surface area contributed by atoms with Crippen LogP contribution in [0.1, 0.15) is 22.7 Å². The Kier molecular flexibility index (Phi) is 6.98. The van der Waals surface area contributed by atoms with E-state index in [1.807, 2.05) is 59.4 Å². The molecular formula is C27H23N7O2. The molecule has 9 heteroatoms. The van der Waals surface area contributed by atoms with Gasteiger partial charge in [-0.2, -0.15) is 5.10 Å². The van der Waals surface area contributed by atoms with Crippen LogP contribution in [-0.2, 0) is 24.2 Å². The summed E-state index contributed by atoms with van der Waals surface area (Å²) in [6, 6.07) is 15.4. The van der Waals surface area contributed by atoms with Crippen molar-refractivity contribution in [2.45, 2.75) is 19.4 Å². The van der Waals surface area contributed by atoms with E-state index < -0.39 is 0 Å². The lowest BCUT2D eigenvalue weighted by Crippen LogP contribution is -2.07. The van der Waals surface area contributed by atoms with Gasteiger partial charge < -0.3 is 9.73 Å². The van der Waals surface area contributed by atoms with Crippen molar-refractivity contribution in [2.75, 3.05) is 5.32 Å². The Balaban J connectivity index is 1.21. The van der Waals surface area contributed by atoms with Gasteiger partial charge in [-0.1, -0.05) is 18.2 Å². The van der Waals surface area contributed by atoms with Gasteiger partial charge in [0.15, 0.2) is 0 Å². The number of amides is 1. The smallest absolute Gasteiger partial charge is 0.248 e. The molecular weight excluding hydrogens is 454 g/mol. The van der Waals surface area contributed by atoms with Crippen molar-refractivity contribution in [3.05, 3.63) is 115 Å². The predicted octanol–water partition coefficient (Wildman–Crippen LogP) is 4.21. The van der Waals surface area contributed by atoms with Gasteiger partial charge in [0.1, 0.15) is 0 Å². The summed E-state index contributed by atoms with van der Waals surface area (Å²) < 4.78 is 7.00. The lowest BCUT2D eigenvalue weighted by atomic mass is 10.0. The van der Waals surface area contributed by atoms with Crippen molar-refractivity contribution in [2.24, 2.45) is 0 Å². The van der Waals surface area contributed by atoms with E-state index in [0.29, 0.717) is 24.5 Å². The van der Waals surface area contributed by atoms with Crippen molar-refractivity contribution in [3.63, 3.8) is 0 Å². The summed E-state index contributed by atoms with van der Waals surface area (Å²) in [7, 11) is 0. The Bertz CT molecular complexity index is 1440. The summed E-state index contributed by atoms with van der Waals surface area (Å²) in [6.07, 6.45) is 15.0. The molecule has 36 heavy (non-hydrogen) atoms. The number of rotatable bonds is 9. The van der Waals surface area contributed by atoms with E-state index in [1.54, 1.807) is 30.9 Å². The maximum Gasteiger partial charge on any atom is 0.248 e. The summed E-state index contributed by atoms with van der Waals surface area (Å²) >= 11 is 0. The zero-order valence-electron chi connectivity index (χ0n) is 19.4. The molecule has 5 aromatic rings. The molecule has 9 nitrogen and oxygen atoms in total. The molecule has 0 fully saturated rings. The zero-order valence-corrected chi connectivity index (χ0v) is 19.4. The number of pyridine rings is 2. The van der Waals surface area contributed by atoms with Crippen LogP contribution in [-0.4, -0.2) is 35.9 Å². The van der Waals surface area contributed by atoms with E-state index in [-0.39, 0.29) is 5.91 Å². The van der Waals surface area contributed by atoms with Gasteiger partial charge in [0.2, 0.25) is 18.2 Å². The normalized spacial score (nSPS) is 11.1. The number of nitrogens with one attached hydrogen (secondary N) is 1. The molecule has 1 aromatic carbocycles. The highest BCUT2D eigenvalue weighted by Crippen LogP contribution is 2.24. The second kappa shape index (κ2) is 11.0. The van der Waals surface area contributed by atoms with Crippen LogP contribution in [0.5, 0.6) is 0 Å². The first-order chi connectivity index (χ1) is 17.7. The van der Waals surface area contributed by atoms with Gasteiger partial charge in [0, 0.05) is 54.1 Å². The summed E-state index contributed by atoms with van der Waals surface area (Å²) in [5, 5.41) is 14.9. The zero-order chi connectivity index (χ0) is 24.6. The van der Waals surface area contributed by atoms with Gasteiger partial charge in [-0.15, -0.1) is 10.2 Å². The largest absolute Gasteiger partial charge is 0.428 e. The minimum atomic E-state index is -0.228. The first-order valence-corrected chi connectivity index (χ1v) is 11.4. The minimum absolute atomic E-state index is 0.228. The second-order valence-electron chi connectivity index (χ2n) is 8.06. The van der Waals surface area contributed by atoms with Crippen molar-refractivity contribution < 1.29 is 9.21 Å². The Morgan fingerprint density at radius 3 is 2.75 bits per heavy atom. The Morgan fingerprint density at radius 1 is 1.03 bits per heavy atom. The first-order valence-electron chi connectivity index (χ1n) is 11.4. The highest BCUT2D eigenvalue weighted by atomic mass is 16.4. The quantitative estimate of drug-likeness (QED) is 0.317. The first kappa shape index (κ1) is 22.9. The van der Waals surface area contributed by atoms with Gasteiger partial charge >= 0.3 is 0 Å². The van der Waals surface area contributed by atoms with Crippen molar-refractivity contribution in [1.82, 2.24) is 29.9 Å². The van der Waals surface area contributed by atoms with Crippen LogP contribution in [0.25, 0.3) is 17.2 Å². The molecule has 5 rings (SSSR count). The van der Waals surface area contributed by atoms with E-state index in [9.17, 15) is 4.79 Å². The third-order valence-corrected chi connectivity index (χ3v) is 5.51. The molecule has 0 aliphatic carbocycles. The third-order valence-electron chi connectivity index (χ3n) is 5.51. The lowest BCUT2D eigenvalue weighted by molar-refractivity contribution is -0.111. The molecule has 178 valence electrons. The number of nitrogens with zero attached hydrogens (tertiary/aromatic N) is 6. The number of aryl methyl sites for hydroxylation is 2. The van der Waals surface area contributed by atoms with Crippen molar-refractivity contribution in [3.8, 4) is 11.1 Å². The van der Waals surface area contributed by atoms with Gasteiger partial charge in [-0.3, -0.25) is 19.4 Å². The third kappa shape index (κ3) is 5.95. The molecule has 0 aliphatic heterocycles. The van der Waals surface area contributed by atoms with Crippen LogP contribution in [0.15, 0.2) is 96.4 Å². The standard InChI is InChI=1S/C27H23N7O2/c35-26(32-23-8-4-20(5-9-23)6-11-27-33-30-19-36-27)10-7-21-15-28-14-12-25(21)22-16-31-34(17-22)18-24-3-1-2-13-29-24/h1-5,7-10,12-17,19H,6,11,18H2,(H,32,35). The summed E-state index contributed by atoms with van der Waals surface area (Å²) in [5.74, 6) is 0.377. The molecule has 0 atom stereocenters. The molecule has 0 aliphatic rings. The summed E-state index contributed by atoms with van der Waals surface area (Å²) in [5.41, 5.74) is 5.45. The number of anilines is 1. The van der Waals surface area contributed by atoms with E-state index >= 15 is 0 Å². The lowest BCUT2D eigenvalue weighted by Gasteiger charge is -2.05. The topological polar surface area (TPSA) is 112 Å². The molecule has 0 spiro atoms. The molecule has 0 unspecified atom stereocenters. The average molecular weight is 478 g/mol. The number of carbonyl (C=O) groups is 1. The fourth-order valence-electron chi connectivity index (χ4n) is 3.71. The highest BCUT2D eigenvalue weighted by molar-refractivity contribution is 6.02. The fraction of sp³-hybridized carbons (Fsp3) is 0.111. The highest BCUT2D eigenvalue weighted by Gasteiger charge is 2.08. The van der Waals surface area contributed by atoms with Gasteiger partial charge in [0.05, 0.1) is 18.4 Å².